The molecule has 1 unspecified atom stereocenters. The summed E-state index contributed by atoms with van der Waals surface area (Å²) < 4.78 is 35.6. The number of benzene rings is 1. The number of hydrogen-bond donors (Lipinski definition) is 0. The van der Waals surface area contributed by atoms with E-state index in [0.29, 0.717) is 18.1 Å². The lowest BCUT2D eigenvalue weighted by Gasteiger charge is -2.37. The Bertz CT molecular complexity index is 795. The average Bonchev–Trinajstić information content (AvgIpc) is 2.88. The summed E-state index contributed by atoms with van der Waals surface area (Å²) in [7, 11) is 1.69. The summed E-state index contributed by atoms with van der Waals surface area (Å²) in [5.41, 5.74) is 2.51. The number of halogens is 2. The number of hydrogen-bond acceptors (Lipinski definition) is 1. The Balaban J connectivity index is 1.52. The molecule has 0 aliphatic heterocycles. The molecule has 35 heavy (non-hydrogen) atoms. The van der Waals surface area contributed by atoms with Gasteiger partial charge in [-0.1, -0.05) is 75.3 Å². The van der Waals surface area contributed by atoms with Gasteiger partial charge in [-0.15, -0.1) is 6.58 Å². The van der Waals surface area contributed by atoms with Crippen LogP contribution in [-0.2, 0) is 4.74 Å². The van der Waals surface area contributed by atoms with Crippen LogP contribution in [0.2, 0.25) is 0 Å². The van der Waals surface area contributed by atoms with Crippen molar-refractivity contribution in [3.05, 3.63) is 53.4 Å². The Labute approximate surface area is 213 Å². The number of ether oxygens (including phenoxy) is 1. The lowest BCUT2D eigenvalue weighted by Crippen LogP contribution is -2.26. The zero-order chi connectivity index (χ0) is 25.2. The standard InChI is InChI=1S/C32H48F2O/c1-5-6-7-8-24-9-11-25(12-10-24)26-13-17-28(18-14-26)31(33)32(34)29-19-15-27(16-20-29)30(22-35-4)21-23(2)3/h15-16,19-20,24-26,28,30H,2,5-14,17-18,21-22H2,1,3-4H3/b32-31+. The molecule has 3 rings (SSSR count). The monoisotopic (exact) mass is 486 g/mol. The molecule has 0 spiro atoms. The maximum Gasteiger partial charge on any atom is 0.162 e. The number of unbranched alkanes of at least 4 members (excludes halogenated alkanes) is 2. The second-order valence-electron chi connectivity index (χ2n) is 11.5. The summed E-state index contributed by atoms with van der Waals surface area (Å²) in [5.74, 6) is 1.17. The normalized spacial score (nSPS) is 26.8. The zero-order valence-electron chi connectivity index (χ0n) is 22.5. The second kappa shape index (κ2) is 14.3. The van der Waals surface area contributed by atoms with E-state index in [4.69, 9.17) is 4.74 Å². The number of allylic oxidation sites excluding steroid dienone is 2. The van der Waals surface area contributed by atoms with Crippen LogP contribution in [-0.4, -0.2) is 13.7 Å². The molecule has 1 aromatic carbocycles. The first-order valence-corrected chi connectivity index (χ1v) is 14.2. The Morgan fingerprint density at radius 2 is 1.54 bits per heavy atom. The third-order valence-corrected chi connectivity index (χ3v) is 8.71. The molecule has 196 valence electrons. The van der Waals surface area contributed by atoms with E-state index in [-0.39, 0.29) is 11.8 Å². The molecule has 1 aromatic rings. The summed E-state index contributed by atoms with van der Waals surface area (Å²) in [5, 5.41) is 0. The maximum atomic E-state index is 15.2. The van der Waals surface area contributed by atoms with Crippen molar-refractivity contribution in [1.82, 2.24) is 0 Å². The number of methoxy groups -OCH3 is 1. The van der Waals surface area contributed by atoms with Crippen molar-refractivity contribution < 1.29 is 13.5 Å². The first-order valence-electron chi connectivity index (χ1n) is 14.2. The van der Waals surface area contributed by atoms with E-state index in [2.05, 4.69) is 13.5 Å². The minimum absolute atomic E-state index is 0.185. The van der Waals surface area contributed by atoms with Crippen LogP contribution in [0, 0.1) is 23.7 Å². The van der Waals surface area contributed by atoms with E-state index in [9.17, 15) is 0 Å². The van der Waals surface area contributed by atoms with Crippen LogP contribution in [0.1, 0.15) is 114 Å². The van der Waals surface area contributed by atoms with Crippen molar-refractivity contribution in [2.45, 2.75) is 103 Å². The van der Waals surface area contributed by atoms with Gasteiger partial charge in [0.2, 0.25) is 0 Å². The third-order valence-electron chi connectivity index (χ3n) is 8.71. The van der Waals surface area contributed by atoms with Crippen LogP contribution < -0.4 is 0 Å². The molecule has 2 saturated carbocycles. The fraction of sp³-hybridized carbons (Fsp3) is 0.688. The highest BCUT2D eigenvalue weighted by Crippen LogP contribution is 2.45. The molecule has 0 bridgehead atoms. The summed E-state index contributed by atoms with van der Waals surface area (Å²) in [6.07, 6.45) is 15.4. The van der Waals surface area contributed by atoms with Crippen molar-refractivity contribution in [3.8, 4) is 0 Å². The molecule has 0 N–H and O–H groups in total. The van der Waals surface area contributed by atoms with Crippen molar-refractivity contribution in [2.24, 2.45) is 23.7 Å². The SMILES string of the molecule is C=C(C)CC(COC)c1ccc(/C(F)=C(\F)C2CCC(C3CCC(CCCCC)CC3)CC2)cc1. The molecule has 0 saturated heterocycles. The van der Waals surface area contributed by atoms with E-state index in [0.717, 1.165) is 55.1 Å². The van der Waals surface area contributed by atoms with E-state index < -0.39 is 11.7 Å². The van der Waals surface area contributed by atoms with E-state index >= 15 is 8.78 Å². The van der Waals surface area contributed by atoms with Gasteiger partial charge in [-0.25, -0.2) is 8.78 Å². The average molecular weight is 487 g/mol. The van der Waals surface area contributed by atoms with Crippen LogP contribution in [0.15, 0.2) is 42.2 Å². The topological polar surface area (TPSA) is 9.23 Å². The quantitative estimate of drug-likeness (QED) is 0.211. The van der Waals surface area contributed by atoms with Gasteiger partial charge in [0.05, 0.1) is 6.61 Å². The fourth-order valence-electron chi connectivity index (χ4n) is 6.59. The smallest absolute Gasteiger partial charge is 0.162 e. The highest BCUT2D eigenvalue weighted by Gasteiger charge is 2.33. The lowest BCUT2D eigenvalue weighted by molar-refractivity contribution is 0.144. The predicted octanol–water partition coefficient (Wildman–Crippen LogP) is 10.2. The molecule has 2 aliphatic rings. The summed E-state index contributed by atoms with van der Waals surface area (Å²) in [4.78, 5) is 0. The minimum Gasteiger partial charge on any atom is -0.384 e. The van der Waals surface area contributed by atoms with E-state index in [1.54, 1.807) is 19.2 Å². The molecule has 2 fully saturated rings. The van der Waals surface area contributed by atoms with E-state index in [1.807, 2.05) is 19.1 Å². The molecule has 2 aliphatic carbocycles. The highest BCUT2D eigenvalue weighted by atomic mass is 19.2. The second-order valence-corrected chi connectivity index (χ2v) is 11.5. The summed E-state index contributed by atoms with van der Waals surface area (Å²) in [6, 6.07) is 7.25. The Morgan fingerprint density at radius 3 is 2.09 bits per heavy atom. The zero-order valence-corrected chi connectivity index (χ0v) is 22.5. The molecule has 0 radical (unpaired) electrons. The summed E-state index contributed by atoms with van der Waals surface area (Å²) >= 11 is 0. The maximum absolute atomic E-state index is 15.2. The minimum atomic E-state index is -0.671. The van der Waals surface area contributed by atoms with Gasteiger partial charge in [-0.3, -0.25) is 0 Å². The molecule has 0 heterocycles. The molecular formula is C32H48F2O. The molecular weight excluding hydrogens is 438 g/mol. The predicted molar refractivity (Wildman–Crippen MR) is 145 cm³/mol. The van der Waals surface area contributed by atoms with Crippen LogP contribution in [0.4, 0.5) is 8.78 Å². The molecule has 3 heteroatoms. The van der Waals surface area contributed by atoms with Gasteiger partial charge >= 0.3 is 0 Å². The Hall–Kier alpha value is -1.48. The van der Waals surface area contributed by atoms with Crippen molar-refractivity contribution in [3.63, 3.8) is 0 Å². The first-order chi connectivity index (χ1) is 16.9. The molecule has 1 nitrogen and oxygen atoms in total. The van der Waals surface area contributed by atoms with Gasteiger partial charge in [-0.2, -0.15) is 0 Å². The fourth-order valence-corrected chi connectivity index (χ4v) is 6.59. The number of rotatable bonds is 12. The summed E-state index contributed by atoms with van der Waals surface area (Å²) in [6.45, 7) is 8.87. The largest absolute Gasteiger partial charge is 0.384 e. The van der Waals surface area contributed by atoms with Gasteiger partial charge in [0.1, 0.15) is 5.83 Å². The molecule has 0 aromatic heterocycles. The van der Waals surface area contributed by atoms with E-state index in [1.165, 1.54) is 51.4 Å². The van der Waals surface area contributed by atoms with Gasteiger partial charge in [0.25, 0.3) is 0 Å². The van der Waals surface area contributed by atoms with Gasteiger partial charge < -0.3 is 4.74 Å². The Morgan fingerprint density at radius 1 is 0.943 bits per heavy atom. The van der Waals surface area contributed by atoms with Crippen LogP contribution in [0.3, 0.4) is 0 Å². The third kappa shape index (κ3) is 8.27. The highest BCUT2D eigenvalue weighted by molar-refractivity contribution is 5.61. The van der Waals surface area contributed by atoms with Gasteiger partial charge in [0.15, 0.2) is 5.83 Å². The van der Waals surface area contributed by atoms with Crippen molar-refractivity contribution >= 4 is 5.83 Å². The molecule has 1 atom stereocenters. The van der Waals surface area contributed by atoms with Crippen molar-refractivity contribution in [2.75, 3.05) is 13.7 Å². The van der Waals surface area contributed by atoms with Crippen LogP contribution >= 0.6 is 0 Å². The lowest BCUT2D eigenvalue weighted by atomic mass is 9.68. The Kier molecular flexibility index (Phi) is 11.5. The van der Waals surface area contributed by atoms with Crippen molar-refractivity contribution in [1.29, 1.82) is 0 Å². The first kappa shape index (κ1) is 28.1. The molecule has 0 amide bonds. The van der Waals surface area contributed by atoms with Gasteiger partial charge in [0, 0.05) is 24.5 Å². The van der Waals surface area contributed by atoms with Crippen LogP contribution in [0.5, 0.6) is 0 Å². The van der Waals surface area contributed by atoms with Gasteiger partial charge in [-0.05, 0) is 75.2 Å². The van der Waals surface area contributed by atoms with Crippen LogP contribution in [0.25, 0.3) is 5.83 Å².